The molecule has 0 aliphatic carbocycles. The van der Waals surface area contributed by atoms with Gasteiger partial charge in [0.15, 0.2) is 0 Å². The van der Waals surface area contributed by atoms with E-state index in [1.54, 1.807) is 6.07 Å². The van der Waals surface area contributed by atoms with Crippen molar-refractivity contribution in [3.05, 3.63) is 34.1 Å². The van der Waals surface area contributed by atoms with Crippen LogP contribution in [-0.2, 0) is 6.42 Å². The molecule has 0 radical (unpaired) electrons. The van der Waals surface area contributed by atoms with Crippen LogP contribution < -0.4 is 5.32 Å². The van der Waals surface area contributed by atoms with Crippen LogP contribution in [0.4, 0.5) is 4.39 Å². The van der Waals surface area contributed by atoms with E-state index < -0.39 is 0 Å². The summed E-state index contributed by atoms with van der Waals surface area (Å²) in [5.41, 5.74) is 1.06. The SMILES string of the molecule is CC(C)CNCC(C)CCc1cccc(F)c1Br. The molecule has 1 nitrogen and oxygen atoms in total. The zero-order valence-corrected chi connectivity index (χ0v) is 13.1. The van der Waals surface area contributed by atoms with E-state index in [2.05, 4.69) is 42.0 Å². The first kappa shape index (κ1) is 15.6. The summed E-state index contributed by atoms with van der Waals surface area (Å²) >= 11 is 3.31. The fourth-order valence-corrected chi connectivity index (χ4v) is 2.33. The van der Waals surface area contributed by atoms with Crippen molar-refractivity contribution in [1.82, 2.24) is 5.32 Å². The third kappa shape index (κ3) is 5.49. The average Bonchev–Trinajstić information content (AvgIpc) is 2.30. The van der Waals surface area contributed by atoms with Gasteiger partial charge in [-0.25, -0.2) is 4.39 Å². The van der Waals surface area contributed by atoms with Crippen LogP contribution >= 0.6 is 15.9 Å². The van der Waals surface area contributed by atoms with Gasteiger partial charge in [0.05, 0.1) is 4.47 Å². The molecule has 0 fully saturated rings. The predicted molar refractivity (Wildman–Crippen MR) is 79.3 cm³/mol. The van der Waals surface area contributed by atoms with Crippen LogP contribution in [0.25, 0.3) is 0 Å². The highest BCUT2D eigenvalue weighted by atomic mass is 79.9. The highest BCUT2D eigenvalue weighted by Gasteiger charge is 2.08. The maximum atomic E-state index is 13.3. The van der Waals surface area contributed by atoms with Crippen molar-refractivity contribution < 1.29 is 4.39 Å². The van der Waals surface area contributed by atoms with E-state index in [-0.39, 0.29) is 5.82 Å². The van der Waals surface area contributed by atoms with Crippen molar-refractivity contribution in [3.63, 3.8) is 0 Å². The Hall–Kier alpha value is -0.410. The fraction of sp³-hybridized carbons (Fsp3) is 0.600. The van der Waals surface area contributed by atoms with Crippen LogP contribution in [0.15, 0.2) is 22.7 Å². The molecule has 0 aliphatic rings. The number of rotatable bonds is 7. The summed E-state index contributed by atoms with van der Waals surface area (Å²) in [6, 6.07) is 5.25. The lowest BCUT2D eigenvalue weighted by Gasteiger charge is -2.14. The maximum Gasteiger partial charge on any atom is 0.137 e. The number of halogens is 2. The van der Waals surface area contributed by atoms with E-state index in [4.69, 9.17) is 0 Å². The average molecular weight is 316 g/mol. The summed E-state index contributed by atoms with van der Waals surface area (Å²) in [5.74, 6) is 1.13. The smallest absolute Gasteiger partial charge is 0.137 e. The summed E-state index contributed by atoms with van der Waals surface area (Å²) in [5, 5.41) is 3.46. The Morgan fingerprint density at radius 1 is 1.22 bits per heavy atom. The van der Waals surface area contributed by atoms with Crippen LogP contribution in [-0.4, -0.2) is 13.1 Å². The molecule has 0 aliphatic heterocycles. The summed E-state index contributed by atoms with van der Waals surface area (Å²) in [6.07, 6.45) is 2.00. The van der Waals surface area contributed by atoms with Crippen LogP contribution in [0.5, 0.6) is 0 Å². The van der Waals surface area contributed by atoms with Gasteiger partial charge in [0.25, 0.3) is 0 Å². The Kier molecular flexibility index (Phi) is 6.87. The molecule has 0 saturated heterocycles. The van der Waals surface area contributed by atoms with Gasteiger partial charge in [-0.05, 0) is 65.3 Å². The molecule has 3 heteroatoms. The lowest BCUT2D eigenvalue weighted by atomic mass is 10.0. The molecule has 0 spiro atoms. The van der Waals surface area contributed by atoms with E-state index in [0.29, 0.717) is 16.3 Å². The van der Waals surface area contributed by atoms with Crippen molar-refractivity contribution in [2.75, 3.05) is 13.1 Å². The Labute approximate surface area is 118 Å². The monoisotopic (exact) mass is 315 g/mol. The Balaban J connectivity index is 2.33. The number of hydrogen-bond acceptors (Lipinski definition) is 1. The second-order valence-corrected chi connectivity index (χ2v) is 6.20. The molecule has 1 rings (SSSR count). The molecule has 1 N–H and O–H groups in total. The van der Waals surface area contributed by atoms with Crippen molar-refractivity contribution in [3.8, 4) is 0 Å². The standard InChI is InChI=1S/C15H23BrFN/c1-11(2)9-18-10-12(3)7-8-13-5-4-6-14(17)15(13)16/h4-6,11-12,18H,7-10H2,1-3H3. The van der Waals surface area contributed by atoms with Crippen molar-refractivity contribution >= 4 is 15.9 Å². The molecule has 1 aromatic carbocycles. The van der Waals surface area contributed by atoms with Gasteiger partial charge in [0.2, 0.25) is 0 Å². The summed E-state index contributed by atoms with van der Waals surface area (Å²) in [7, 11) is 0. The highest BCUT2D eigenvalue weighted by molar-refractivity contribution is 9.10. The molecule has 18 heavy (non-hydrogen) atoms. The van der Waals surface area contributed by atoms with Gasteiger partial charge in [0.1, 0.15) is 5.82 Å². The van der Waals surface area contributed by atoms with Gasteiger partial charge in [0, 0.05) is 0 Å². The first-order valence-electron chi connectivity index (χ1n) is 6.64. The zero-order chi connectivity index (χ0) is 13.5. The molecule has 0 bridgehead atoms. The van der Waals surface area contributed by atoms with E-state index >= 15 is 0 Å². The summed E-state index contributed by atoms with van der Waals surface area (Å²) in [4.78, 5) is 0. The third-order valence-electron chi connectivity index (χ3n) is 2.98. The minimum absolute atomic E-state index is 0.168. The summed E-state index contributed by atoms with van der Waals surface area (Å²) in [6.45, 7) is 8.75. The minimum Gasteiger partial charge on any atom is -0.316 e. The number of nitrogens with one attached hydrogen (secondary N) is 1. The molecular weight excluding hydrogens is 293 g/mol. The Bertz CT molecular complexity index is 366. The van der Waals surface area contributed by atoms with Crippen molar-refractivity contribution in [2.24, 2.45) is 11.8 Å². The number of benzene rings is 1. The van der Waals surface area contributed by atoms with E-state index in [0.717, 1.165) is 31.5 Å². The molecule has 0 amide bonds. The van der Waals surface area contributed by atoms with E-state index in [1.165, 1.54) is 6.07 Å². The predicted octanol–water partition coefficient (Wildman–Crippen LogP) is 4.40. The van der Waals surface area contributed by atoms with Gasteiger partial charge in [-0.1, -0.05) is 32.9 Å². The van der Waals surface area contributed by atoms with Gasteiger partial charge < -0.3 is 5.32 Å². The largest absolute Gasteiger partial charge is 0.316 e. The molecule has 1 aromatic rings. The van der Waals surface area contributed by atoms with Gasteiger partial charge in [-0.2, -0.15) is 0 Å². The lowest BCUT2D eigenvalue weighted by Crippen LogP contribution is -2.25. The molecule has 0 saturated carbocycles. The molecule has 0 aromatic heterocycles. The molecular formula is C15H23BrFN. The Morgan fingerprint density at radius 2 is 1.94 bits per heavy atom. The topological polar surface area (TPSA) is 12.0 Å². The summed E-state index contributed by atoms with van der Waals surface area (Å²) < 4.78 is 14.0. The van der Waals surface area contributed by atoms with E-state index in [1.807, 2.05) is 6.07 Å². The van der Waals surface area contributed by atoms with Gasteiger partial charge in [-0.15, -0.1) is 0 Å². The molecule has 0 heterocycles. The zero-order valence-electron chi connectivity index (χ0n) is 11.5. The van der Waals surface area contributed by atoms with E-state index in [9.17, 15) is 4.39 Å². The first-order valence-corrected chi connectivity index (χ1v) is 7.43. The normalized spacial score (nSPS) is 13.0. The second kappa shape index (κ2) is 7.90. The third-order valence-corrected chi connectivity index (χ3v) is 3.87. The molecule has 1 atom stereocenters. The molecule has 1 unspecified atom stereocenters. The first-order chi connectivity index (χ1) is 8.50. The van der Waals surface area contributed by atoms with Crippen LogP contribution in [0.1, 0.15) is 32.8 Å². The van der Waals surface area contributed by atoms with Crippen molar-refractivity contribution in [2.45, 2.75) is 33.6 Å². The maximum absolute atomic E-state index is 13.3. The highest BCUT2D eigenvalue weighted by Crippen LogP contribution is 2.22. The molecule has 102 valence electrons. The van der Waals surface area contributed by atoms with Crippen LogP contribution in [0, 0.1) is 17.7 Å². The van der Waals surface area contributed by atoms with Crippen molar-refractivity contribution in [1.29, 1.82) is 0 Å². The van der Waals surface area contributed by atoms with Crippen LogP contribution in [0.3, 0.4) is 0 Å². The Morgan fingerprint density at radius 3 is 2.61 bits per heavy atom. The number of hydrogen-bond donors (Lipinski definition) is 1. The minimum atomic E-state index is -0.168. The van der Waals surface area contributed by atoms with Gasteiger partial charge >= 0.3 is 0 Å². The number of aryl methyl sites for hydroxylation is 1. The lowest BCUT2D eigenvalue weighted by molar-refractivity contribution is 0.453. The quantitative estimate of drug-likeness (QED) is 0.786. The van der Waals surface area contributed by atoms with Crippen LogP contribution in [0.2, 0.25) is 0 Å². The van der Waals surface area contributed by atoms with Gasteiger partial charge in [-0.3, -0.25) is 0 Å². The fourth-order valence-electron chi connectivity index (χ4n) is 1.86. The second-order valence-electron chi connectivity index (χ2n) is 5.41.